The SMILES string of the molecule is COc1ccc(CNC(=O)[C@@H]2Oc3ccccc3O[C@@H]2C)cc1C(=O)O. The number of nitrogens with one attached hydrogen (secondary N) is 1. The van der Waals surface area contributed by atoms with Crippen LogP contribution in [-0.2, 0) is 11.3 Å². The van der Waals surface area contributed by atoms with Crippen LogP contribution in [0, 0.1) is 0 Å². The highest BCUT2D eigenvalue weighted by atomic mass is 16.6. The summed E-state index contributed by atoms with van der Waals surface area (Å²) in [5, 5.41) is 12.0. The van der Waals surface area contributed by atoms with Gasteiger partial charge in [-0.25, -0.2) is 4.79 Å². The molecule has 1 aliphatic heterocycles. The molecule has 0 aliphatic carbocycles. The van der Waals surface area contributed by atoms with Crippen molar-refractivity contribution in [2.75, 3.05) is 7.11 Å². The number of carbonyl (C=O) groups is 2. The molecule has 7 nitrogen and oxygen atoms in total. The first-order valence-corrected chi connectivity index (χ1v) is 8.10. The summed E-state index contributed by atoms with van der Waals surface area (Å²) in [7, 11) is 1.41. The van der Waals surface area contributed by atoms with Gasteiger partial charge in [0.1, 0.15) is 17.4 Å². The van der Waals surface area contributed by atoms with Gasteiger partial charge in [-0.3, -0.25) is 4.79 Å². The fraction of sp³-hybridized carbons (Fsp3) is 0.263. The first kappa shape index (κ1) is 17.6. The highest BCUT2D eigenvalue weighted by Crippen LogP contribution is 2.33. The average molecular weight is 357 g/mol. The van der Waals surface area contributed by atoms with Crippen LogP contribution < -0.4 is 19.5 Å². The molecule has 2 aromatic rings. The molecule has 0 radical (unpaired) electrons. The highest BCUT2D eigenvalue weighted by molar-refractivity contribution is 5.91. The van der Waals surface area contributed by atoms with E-state index in [1.807, 2.05) is 6.07 Å². The van der Waals surface area contributed by atoms with Crippen molar-refractivity contribution in [3.8, 4) is 17.2 Å². The van der Waals surface area contributed by atoms with E-state index in [1.54, 1.807) is 37.3 Å². The lowest BCUT2D eigenvalue weighted by Gasteiger charge is -2.31. The van der Waals surface area contributed by atoms with Crippen molar-refractivity contribution in [3.63, 3.8) is 0 Å². The maximum Gasteiger partial charge on any atom is 0.339 e. The van der Waals surface area contributed by atoms with Crippen LogP contribution in [0.5, 0.6) is 17.2 Å². The third-order valence-electron chi connectivity index (χ3n) is 4.06. The minimum Gasteiger partial charge on any atom is -0.496 e. The van der Waals surface area contributed by atoms with E-state index in [9.17, 15) is 14.7 Å². The quantitative estimate of drug-likeness (QED) is 0.852. The molecule has 26 heavy (non-hydrogen) atoms. The molecule has 3 rings (SSSR count). The van der Waals surface area contributed by atoms with E-state index < -0.39 is 18.2 Å². The van der Waals surface area contributed by atoms with Gasteiger partial charge in [0.15, 0.2) is 11.5 Å². The highest BCUT2D eigenvalue weighted by Gasteiger charge is 2.33. The topological polar surface area (TPSA) is 94.1 Å². The third-order valence-corrected chi connectivity index (χ3v) is 4.06. The molecule has 1 aliphatic rings. The number of hydrogen-bond donors (Lipinski definition) is 2. The predicted molar refractivity (Wildman–Crippen MR) is 92.7 cm³/mol. The molecule has 2 N–H and O–H groups in total. The minimum atomic E-state index is -1.09. The number of carboxylic acid groups (broad SMARTS) is 1. The summed E-state index contributed by atoms with van der Waals surface area (Å²) in [6.07, 6.45) is -1.24. The Hall–Kier alpha value is -3.22. The molecule has 0 bridgehead atoms. The molecule has 0 fully saturated rings. The largest absolute Gasteiger partial charge is 0.496 e. The standard InChI is InChI=1S/C19H19NO6/c1-11-17(26-16-6-4-3-5-15(16)25-11)18(21)20-10-12-7-8-14(24-2)13(9-12)19(22)23/h3-9,11,17H,10H2,1-2H3,(H,20,21)(H,22,23)/t11-,17-/m1/s1. The molecular weight excluding hydrogens is 338 g/mol. The van der Waals surface area contributed by atoms with Gasteiger partial charge < -0.3 is 24.6 Å². The molecule has 0 aromatic heterocycles. The minimum absolute atomic E-state index is 0.0406. The number of aromatic carboxylic acids is 1. The van der Waals surface area contributed by atoms with Gasteiger partial charge in [0, 0.05) is 6.54 Å². The van der Waals surface area contributed by atoms with E-state index in [4.69, 9.17) is 14.2 Å². The number of carboxylic acids is 1. The smallest absolute Gasteiger partial charge is 0.339 e. The van der Waals surface area contributed by atoms with Crippen LogP contribution in [0.4, 0.5) is 0 Å². The maximum atomic E-state index is 12.5. The molecule has 136 valence electrons. The average Bonchev–Trinajstić information content (AvgIpc) is 2.65. The van der Waals surface area contributed by atoms with E-state index in [1.165, 1.54) is 13.2 Å². The lowest BCUT2D eigenvalue weighted by molar-refractivity contribution is -0.133. The third kappa shape index (κ3) is 3.56. The Morgan fingerprint density at radius 2 is 1.85 bits per heavy atom. The summed E-state index contributed by atoms with van der Waals surface area (Å²) < 4.78 is 16.5. The molecular formula is C19H19NO6. The zero-order chi connectivity index (χ0) is 18.7. The Bertz CT molecular complexity index is 835. The van der Waals surface area contributed by atoms with E-state index in [0.29, 0.717) is 17.1 Å². The van der Waals surface area contributed by atoms with Crippen LogP contribution in [0.3, 0.4) is 0 Å². The van der Waals surface area contributed by atoms with E-state index in [2.05, 4.69) is 5.32 Å². The number of para-hydroxylation sites is 2. The van der Waals surface area contributed by atoms with Gasteiger partial charge >= 0.3 is 5.97 Å². The predicted octanol–water partition coefficient (Wildman–Crippen LogP) is 2.24. The Morgan fingerprint density at radius 1 is 1.15 bits per heavy atom. The molecule has 0 saturated carbocycles. The molecule has 2 atom stereocenters. The molecule has 7 heteroatoms. The molecule has 0 saturated heterocycles. The first-order valence-electron chi connectivity index (χ1n) is 8.10. The summed E-state index contributed by atoms with van der Waals surface area (Å²) in [5.74, 6) is -0.0422. The van der Waals surface area contributed by atoms with Crippen molar-refractivity contribution in [2.24, 2.45) is 0 Å². The number of hydrogen-bond acceptors (Lipinski definition) is 5. The van der Waals surface area contributed by atoms with Crippen LogP contribution in [0.2, 0.25) is 0 Å². The van der Waals surface area contributed by atoms with E-state index >= 15 is 0 Å². The van der Waals surface area contributed by atoms with Crippen molar-refractivity contribution in [1.82, 2.24) is 5.32 Å². The van der Waals surface area contributed by atoms with Gasteiger partial charge in [-0.1, -0.05) is 18.2 Å². The van der Waals surface area contributed by atoms with Crippen LogP contribution in [0.25, 0.3) is 0 Å². The van der Waals surface area contributed by atoms with E-state index in [0.717, 1.165) is 0 Å². The Balaban J connectivity index is 1.68. The number of carbonyl (C=O) groups excluding carboxylic acids is 1. The first-order chi connectivity index (χ1) is 12.5. The lowest BCUT2D eigenvalue weighted by atomic mass is 10.1. The Kier molecular flexibility index (Phi) is 4.97. The number of methoxy groups -OCH3 is 1. The normalized spacial score (nSPS) is 18.1. The van der Waals surface area contributed by atoms with Gasteiger partial charge in [-0.05, 0) is 36.8 Å². The van der Waals surface area contributed by atoms with Crippen molar-refractivity contribution >= 4 is 11.9 Å². The van der Waals surface area contributed by atoms with Crippen molar-refractivity contribution in [3.05, 3.63) is 53.6 Å². The molecule has 1 heterocycles. The summed E-state index contributed by atoms with van der Waals surface area (Å²) in [4.78, 5) is 23.8. The number of amides is 1. The number of benzene rings is 2. The summed E-state index contributed by atoms with van der Waals surface area (Å²) in [6, 6.07) is 11.9. The molecule has 0 unspecified atom stereocenters. The summed E-state index contributed by atoms with van der Waals surface area (Å²) >= 11 is 0. The van der Waals surface area contributed by atoms with Crippen LogP contribution in [0.1, 0.15) is 22.8 Å². The van der Waals surface area contributed by atoms with Crippen molar-refractivity contribution < 1.29 is 28.9 Å². The van der Waals surface area contributed by atoms with Crippen LogP contribution >= 0.6 is 0 Å². The fourth-order valence-corrected chi connectivity index (χ4v) is 2.73. The van der Waals surface area contributed by atoms with Crippen molar-refractivity contribution in [1.29, 1.82) is 0 Å². The molecule has 1 amide bonds. The van der Waals surface area contributed by atoms with Gasteiger partial charge in [-0.2, -0.15) is 0 Å². The van der Waals surface area contributed by atoms with Gasteiger partial charge in [0.25, 0.3) is 5.91 Å². The summed E-state index contributed by atoms with van der Waals surface area (Å²) in [5.41, 5.74) is 0.681. The molecule has 2 aromatic carbocycles. The van der Waals surface area contributed by atoms with Crippen molar-refractivity contribution in [2.45, 2.75) is 25.7 Å². The summed E-state index contributed by atoms with van der Waals surface area (Å²) in [6.45, 7) is 1.92. The van der Waals surface area contributed by atoms with Crippen LogP contribution in [0.15, 0.2) is 42.5 Å². The Labute approximate surface area is 150 Å². The molecule has 0 spiro atoms. The van der Waals surface area contributed by atoms with Gasteiger partial charge in [0.05, 0.1) is 7.11 Å². The van der Waals surface area contributed by atoms with Gasteiger partial charge in [0.2, 0.25) is 6.10 Å². The fourth-order valence-electron chi connectivity index (χ4n) is 2.73. The zero-order valence-electron chi connectivity index (χ0n) is 14.4. The van der Waals surface area contributed by atoms with E-state index in [-0.39, 0.29) is 23.8 Å². The van der Waals surface area contributed by atoms with Gasteiger partial charge in [-0.15, -0.1) is 0 Å². The number of ether oxygens (including phenoxy) is 3. The lowest BCUT2D eigenvalue weighted by Crippen LogP contribution is -2.48. The second-order valence-corrected chi connectivity index (χ2v) is 5.87. The maximum absolute atomic E-state index is 12.5. The monoisotopic (exact) mass is 357 g/mol. The number of fused-ring (bicyclic) bond motifs is 1. The second kappa shape index (κ2) is 7.35. The number of rotatable bonds is 5. The zero-order valence-corrected chi connectivity index (χ0v) is 14.4. The second-order valence-electron chi connectivity index (χ2n) is 5.87. The van der Waals surface area contributed by atoms with Crippen LogP contribution in [-0.4, -0.2) is 36.3 Å². The Morgan fingerprint density at radius 3 is 2.50 bits per heavy atom.